The average molecular weight is 428 g/mol. The van der Waals surface area contributed by atoms with Gasteiger partial charge in [0.05, 0.1) is 11.7 Å². The van der Waals surface area contributed by atoms with Crippen molar-refractivity contribution in [2.45, 2.75) is 32.2 Å². The second-order valence-corrected chi connectivity index (χ2v) is 7.01. The number of ether oxygens (including phenoxy) is 1. The number of aliphatic hydroxyl groups is 1. The Morgan fingerprint density at radius 2 is 1.68 bits per heavy atom. The summed E-state index contributed by atoms with van der Waals surface area (Å²) in [5, 5.41) is 18.5. The molecule has 0 aliphatic carbocycles. The molecule has 6 N–H and O–H groups in total. The first-order valence-corrected chi connectivity index (χ1v) is 9.83. The van der Waals surface area contributed by atoms with Gasteiger partial charge in [0.15, 0.2) is 0 Å². The van der Waals surface area contributed by atoms with Gasteiger partial charge >= 0.3 is 0 Å². The van der Waals surface area contributed by atoms with E-state index in [1.54, 1.807) is 49.4 Å². The van der Waals surface area contributed by atoms with Crippen molar-refractivity contribution in [2.75, 3.05) is 13.2 Å². The first kappa shape index (κ1) is 23.8. The van der Waals surface area contributed by atoms with Crippen LogP contribution >= 0.6 is 0 Å². The predicted octanol–water partition coefficient (Wildman–Crippen LogP) is 0.454. The minimum absolute atomic E-state index is 0.0729. The number of para-hydroxylation sites is 1. The number of primary amides is 1. The highest BCUT2D eigenvalue weighted by Crippen LogP contribution is 2.17. The molecular weight excluding hydrogens is 400 g/mol. The Kier molecular flexibility index (Phi) is 8.98. The number of nitrogens with one attached hydrogen (secondary N) is 3. The summed E-state index contributed by atoms with van der Waals surface area (Å²) in [5.41, 5.74) is 6.19. The highest BCUT2D eigenvalue weighted by molar-refractivity contribution is 5.95. The van der Waals surface area contributed by atoms with Crippen LogP contribution in [0.1, 0.15) is 35.8 Å². The normalized spacial score (nSPS) is 13.5. The van der Waals surface area contributed by atoms with Crippen LogP contribution in [-0.4, -0.2) is 48.2 Å². The van der Waals surface area contributed by atoms with E-state index in [-0.39, 0.29) is 36.3 Å². The Bertz CT molecular complexity index is 890. The molecule has 0 heterocycles. The van der Waals surface area contributed by atoms with E-state index in [9.17, 15) is 19.5 Å². The number of carbonyl (C=O) groups excluding carboxylic acids is 3. The molecule has 0 spiro atoms. The van der Waals surface area contributed by atoms with Gasteiger partial charge in [0, 0.05) is 13.5 Å². The minimum atomic E-state index is -0.902. The number of nitrogens with two attached hydrogens (primary N) is 1. The molecular formula is C22H28N4O5. The van der Waals surface area contributed by atoms with Crippen molar-refractivity contribution < 1.29 is 24.2 Å². The molecule has 2 aromatic rings. The number of carbonyl (C=O) groups is 3. The van der Waals surface area contributed by atoms with Crippen LogP contribution in [0.15, 0.2) is 54.6 Å². The third-order valence-electron chi connectivity index (χ3n) is 4.34. The van der Waals surface area contributed by atoms with Crippen molar-refractivity contribution in [3.8, 4) is 5.75 Å². The maximum absolute atomic E-state index is 12.6. The van der Waals surface area contributed by atoms with Gasteiger partial charge in [-0.3, -0.25) is 19.7 Å². The topological polar surface area (TPSA) is 143 Å². The van der Waals surface area contributed by atoms with Gasteiger partial charge in [-0.05, 0) is 24.6 Å². The Hall–Kier alpha value is -3.43. The maximum atomic E-state index is 12.6. The number of rotatable bonds is 11. The first-order valence-electron chi connectivity index (χ1n) is 9.83. The Morgan fingerprint density at radius 1 is 1.03 bits per heavy atom. The molecule has 0 saturated carbocycles. The van der Waals surface area contributed by atoms with Crippen molar-refractivity contribution in [1.82, 2.24) is 16.0 Å². The van der Waals surface area contributed by atoms with E-state index < -0.39 is 24.2 Å². The van der Waals surface area contributed by atoms with E-state index in [1.165, 1.54) is 13.0 Å². The maximum Gasteiger partial charge on any atom is 0.252 e. The zero-order chi connectivity index (χ0) is 22.8. The van der Waals surface area contributed by atoms with Crippen LogP contribution in [0.2, 0.25) is 0 Å². The molecule has 2 aromatic carbocycles. The summed E-state index contributed by atoms with van der Waals surface area (Å²) >= 11 is 0. The minimum Gasteiger partial charge on any atom is -0.490 e. The van der Waals surface area contributed by atoms with Crippen LogP contribution in [0.25, 0.3) is 0 Å². The fourth-order valence-corrected chi connectivity index (χ4v) is 2.85. The summed E-state index contributed by atoms with van der Waals surface area (Å²) in [6.45, 7) is 3.11. The number of hydrogen-bond acceptors (Lipinski definition) is 6. The third-order valence-corrected chi connectivity index (χ3v) is 4.34. The van der Waals surface area contributed by atoms with Crippen molar-refractivity contribution >= 4 is 17.7 Å². The second kappa shape index (κ2) is 11.7. The molecule has 0 aliphatic rings. The van der Waals surface area contributed by atoms with Crippen molar-refractivity contribution in [3.05, 3.63) is 65.7 Å². The molecule has 31 heavy (non-hydrogen) atoms. The molecule has 0 aliphatic heterocycles. The Balaban J connectivity index is 1.84. The molecule has 3 unspecified atom stereocenters. The van der Waals surface area contributed by atoms with Gasteiger partial charge in [0.1, 0.15) is 24.5 Å². The standard InChI is InChI=1S/C22H28N4O5/c1-14(25-22(30)20(26-15(2)27)16-8-4-3-5-9-16)24-12-17(28)13-31-19-11-7-6-10-18(19)21(23)29/h3-11,14,17,20,24,28H,12-13H2,1-2H3,(H2,23,29)(H,25,30)(H,26,27). The van der Waals surface area contributed by atoms with Crippen molar-refractivity contribution in [1.29, 1.82) is 0 Å². The lowest BCUT2D eigenvalue weighted by Crippen LogP contribution is -2.50. The predicted molar refractivity (Wildman–Crippen MR) is 115 cm³/mol. The summed E-state index contributed by atoms with van der Waals surface area (Å²) in [5.74, 6) is -1.04. The fraction of sp³-hybridized carbons (Fsp3) is 0.318. The lowest BCUT2D eigenvalue weighted by Gasteiger charge is -2.23. The van der Waals surface area contributed by atoms with Gasteiger partial charge < -0.3 is 26.2 Å². The van der Waals surface area contributed by atoms with Crippen LogP contribution in [0.4, 0.5) is 0 Å². The van der Waals surface area contributed by atoms with E-state index in [2.05, 4.69) is 16.0 Å². The molecule has 0 radical (unpaired) electrons. The zero-order valence-corrected chi connectivity index (χ0v) is 17.5. The van der Waals surface area contributed by atoms with Crippen molar-refractivity contribution in [2.24, 2.45) is 5.73 Å². The van der Waals surface area contributed by atoms with Crippen LogP contribution in [-0.2, 0) is 9.59 Å². The SMILES string of the molecule is CC(=O)NC(C(=O)NC(C)NCC(O)COc1ccccc1C(N)=O)c1ccccc1. The van der Waals surface area contributed by atoms with Crippen LogP contribution < -0.4 is 26.4 Å². The number of amides is 3. The van der Waals surface area contributed by atoms with Crippen molar-refractivity contribution in [3.63, 3.8) is 0 Å². The number of hydrogen-bond donors (Lipinski definition) is 5. The number of benzene rings is 2. The van der Waals surface area contributed by atoms with Gasteiger partial charge in [0.25, 0.3) is 5.91 Å². The second-order valence-electron chi connectivity index (χ2n) is 7.01. The lowest BCUT2D eigenvalue weighted by atomic mass is 10.1. The molecule has 2 rings (SSSR count). The molecule has 3 atom stereocenters. The fourth-order valence-electron chi connectivity index (χ4n) is 2.85. The summed E-state index contributed by atoms with van der Waals surface area (Å²) in [6.07, 6.45) is -1.39. The first-order chi connectivity index (χ1) is 14.8. The molecule has 0 fully saturated rings. The van der Waals surface area contributed by atoms with E-state index >= 15 is 0 Å². The lowest BCUT2D eigenvalue weighted by molar-refractivity contribution is -0.128. The Labute approximate surface area is 181 Å². The molecule has 9 heteroatoms. The van der Waals surface area contributed by atoms with Crippen LogP contribution in [0, 0.1) is 0 Å². The molecule has 3 amide bonds. The summed E-state index contributed by atoms with van der Waals surface area (Å²) in [4.78, 5) is 35.6. The van der Waals surface area contributed by atoms with Gasteiger partial charge in [-0.25, -0.2) is 0 Å². The Morgan fingerprint density at radius 3 is 2.32 bits per heavy atom. The van der Waals surface area contributed by atoms with E-state index in [0.29, 0.717) is 5.56 Å². The van der Waals surface area contributed by atoms with E-state index in [4.69, 9.17) is 10.5 Å². The highest BCUT2D eigenvalue weighted by atomic mass is 16.5. The third kappa shape index (κ3) is 7.72. The van der Waals surface area contributed by atoms with Gasteiger partial charge in [-0.2, -0.15) is 0 Å². The molecule has 9 nitrogen and oxygen atoms in total. The van der Waals surface area contributed by atoms with E-state index in [1.807, 2.05) is 6.07 Å². The highest BCUT2D eigenvalue weighted by Gasteiger charge is 2.22. The van der Waals surface area contributed by atoms with Crippen LogP contribution in [0.5, 0.6) is 5.75 Å². The largest absolute Gasteiger partial charge is 0.490 e. The zero-order valence-electron chi connectivity index (χ0n) is 17.5. The van der Waals surface area contributed by atoms with Gasteiger partial charge in [0.2, 0.25) is 11.8 Å². The average Bonchev–Trinajstić information content (AvgIpc) is 2.75. The monoisotopic (exact) mass is 428 g/mol. The molecule has 0 bridgehead atoms. The molecule has 0 saturated heterocycles. The summed E-state index contributed by atoms with van der Waals surface area (Å²) in [6, 6.07) is 14.6. The van der Waals surface area contributed by atoms with Crippen LogP contribution in [0.3, 0.4) is 0 Å². The quantitative estimate of drug-likeness (QED) is 0.329. The summed E-state index contributed by atoms with van der Waals surface area (Å²) < 4.78 is 5.49. The van der Waals surface area contributed by atoms with E-state index in [0.717, 1.165) is 0 Å². The van der Waals surface area contributed by atoms with Gasteiger partial charge in [-0.1, -0.05) is 42.5 Å². The summed E-state index contributed by atoms with van der Waals surface area (Å²) in [7, 11) is 0. The smallest absolute Gasteiger partial charge is 0.252 e. The molecule has 0 aromatic heterocycles. The number of aliphatic hydroxyl groups excluding tert-OH is 1. The molecule has 166 valence electrons. The van der Waals surface area contributed by atoms with Gasteiger partial charge in [-0.15, -0.1) is 0 Å².